The highest BCUT2D eigenvalue weighted by Crippen LogP contribution is 2.34. The fourth-order valence-corrected chi connectivity index (χ4v) is 2.58. The second-order valence-corrected chi connectivity index (χ2v) is 5.64. The molecule has 0 amide bonds. The summed E-state index contributed by atoms with van der Waals surface area (Å²) in [7, 11) is 0. The monoisotopic (exact) mass is 360 g/mol. The molecule has 0 atom stereocenters. The van der Waals surface area contributed by atoms with Crippen molar-refractivity contribution in [3.8, 4) is 23.0 Å². The minimum Gasteiger partial charge on any atom is -0.382 e. The third-order valence-corrected chi connectivity index (χ3v) is 3.90. The van der Waals surface area contributed by atoms with Gasteiger partial charge in [-0.1, -0.05) is 18.2 Å². The molecule has 0 radical (unpaired) electrons. The van der Waals surface area contributed by atoms with Crippen molar-refractivity contribution in [1.82, 2.24) is 9.78 Å². The van der Waals surface area contributed by atoms with Crippen LogP contribution >= 0.6 is 0 Å². The molecule has 8 heteroatoms. The largest absolute Gasteiger partial charge is 0.416 e. The maximum absolute atomic E-state index is 13.6. The first kappa shape index (κ1) is 17.5. The number of nitrogens with zero attached hydrogens (tertiary/aromatic N) is 3. The zero-order valence-electron chi connectivity index (χ0n) is 13.5. The number of nitriles is 1. The molecule has 0 bridgehead atoms. The van der Waals surface area contributed by atoms with Gasteiger partial charge < -0.3 is 5.73 Å². The minimum absolute atomic E-state index is 0.000221. The molecule has 2 aromatic carbocycles. The Morgan fingerprint density at radius 2 is 1.88 bits per heavy atom. The Labute approximate surface area is 146 Å². The van der Waals surface area contributed by atoms with Crippen LogP contribution in [-0.2, 0) is 6.18 Å². The molecule has 3 aromatic rings. The first-order valence-corrected chi connectivity index (χ1v) is 7.45. The number of anilines is 1. The number of rotatable bonds is 2. The van der Waals surface area contributed by atoms with E-state index >= 15 is 0 Å². The molecule has 0 aliphatic rings. The summed E-state index contributed by atoms with van der Waals surface area (Å²) in [5, 5.41) is 13.6. The maximum atomic E-state index is 13.6. The Balaban J connectivity index is 2.22. The third kappa shape index (κ3) is 2.99. The van der Waals surface area contributed by atoms with E-state index in [4.69, 9.17) is 5.73 Å². The molecule has 0 aliphatic heterocycles. The molecule has 0 saturated heterocycles. The van der Waals surface area contributed by atoms with E-state index in [0.29, 0.717) is 11.3 Å². The summed E-state index contributed by atoms with van der Waals surface area (Å²) in [5.74, 6) is -0.603. The van der Waals surface area contributed by atoms with E-state index in [1.54, 1.807) is 6.92 Å². The van der Waals surface area contributed by atoms with E-state index in [1.165, 1.54) is 30.3 Å². The molecule has 0 fully saturated rings. The van der Waals surface area contributed by atoms with Crippen LogP contribution in [0.3, 0.4) is 0 Å². The Hall–Kier alpha value is -3.34. The SMILES string of the molecule is Cc1ccc(F)cc1-n1nc(-c2cccc(C(F)(F)F)c2)c(C#N)c1N. The standard InChI is InChI=1S/C18H12F4N4/c1-10-5-6-13(19)8-15(10)26-17(24)14(9-23)16(25-26)11-3-2-4-12(7-11)18(20,21)22/h2-8H,24H2,1H3. The number of aryl methyl sites for hydroxylation is 1. The Bertz CT molecular complexity index is 1030. The van der Waals surface area contributed by atoms with E-state index in [2.05, 4.69) is 5.10 Å². The molecule has 4 nitrogen and oxygen atoms in total. The molecule has 0 unspecified atom stereocenters. The second kappa shape index (κ2) is 6.19. The molecular formula is C18H12F4N4. The molecule has 2 N–H and O–H groups in total. The molecule has 0 spiro atoms. The van der Waals surface area contributed by atoms with Gasteiger partial charge in [-0.3, -0.25) is 0 Å². The van der Waals surface area contributed by atoms with Crippen LogP contribution < -0.4 is 5.73 Å². The molecule has 1 aromatic heterocycles. The van der Waals surface area contributed by atoms with Crippen molar-refractivity contribution in [1.29, 1.82) is 5.26 Å². The summed E-state index contributed by atoms with van der Waals surface area (Å²) >= 11 is 0. The molecule has 0 saturated carbocycles. The number of aromatic nitrogens is 2. The Kier molecular flexibility index (Phi) is 4.16. The zero-order valence-corrected chi connectivity index (χ0v) is 13.5. The first-order valence-electron chi connectivity index (χ1n) is 7.45. The van der Waals surface area contributed by atoms with Gasteiger partial charge in [-0.05, 0) is 36.8 Å². The van der Waals surface area contributed by atoms with Gasteiger partial charge in [0.2, 0.25) is 0 Å². The smallest absolute Gasteiger partial charge is 0.382 e. The van der Waals surface area contributed by atoms with Gasteiger partial charge in [-0.25, -0.2) is 9.07 Å². The number of hydrogen-bond donors (Lipinski definition) is 1. The van der Waals surface area contributed by atoms with Crippen molar-refractivity contribution in [3.63, 3.8) is 0 Å². The number of halogens is 4. The average molecular weight is 360 g/mol. The van der Waals surface area contributed by atoms with Crippen LogP contribution in [0.5, 0.6) is 0 Å². The number of alkyl halides is 3. The quantitative estimate of drug-likeness (QED) is 0.686. The van der Waals surface area contributed by atoms with Crippen LogP contribution in [0.15, 0.2) is 42.5 Å². The van der Waals surface area contributed by atoms with Gasteiger partial charge in [-0.2, -0.15) is 23.5 Å². The van der Waals surface area contributed by atoms with Crippen LogP contribution in [0.1, 0.15) is 16.7 Å². The number of hydrogen-bond acceptors (Lipinski definition) is 3. The number of nitrogens with two attached hydrogens (primary N) is 1. The van der Waals surface area contributed by atoms with Crippen LogP contribution in [0.25, 0.3) is 16.9 Å². The van der Waals surface area contributed by atoms with E-state index < -0.39 is 17.6 Å². The van der Waals surface area contributed by atoms with Crippen molar-refractivity contribution >= 4 is 5.82 Å². The lowest BCUT2D eigenvalue weighted by Gasteiger charge is -2.08. The topological polar surface area (TPSA) is 67.6 Å². The van der Waals surface area contributed by atoms with Gasteiger partial charge in [0.05, 0.1) is 11.3 Å². The van der Waals surface area contributed by atoms with E-state index in [1.807, 2.05) is 6.07 Å². The fraction of sp³-hybridized carbons (Fsp3) is 0.111. The van der Waals surface area contributed by atoms with Crippen molar-refractivity contribution < 1.29 is 17.6 Å². The molecule has 132 valence electrons. The van der Waals surface area contributed by atoms with E-state index in [0.717, 1.165) is 16.8 Å². The Morgan fingerprint density at radius 1 is 1.15 bits per heavy atom. The summed E-state index contributed by atoms with van der Waals surface area (Å²) in [5.41, 5.74) is 6.05. The highest BCUT2D eigenvalue weighted by Gasteiger charge is 2.31. The van der Waals surface area contributed by atoms with Crippen LogP contribution in [-0.4, -0.2) is 9.78 Å². The fourth-order valence-electron chi connectivity index (χ4n) is 2.58. The van der Waals surface area contributed by atoms with E-state index in [-0.39, 0.29) is 22.6 Å². The predicted molar refractivity (Wildman–Crippen MR) is 87.8 cm³/mol. The van der Waals surface area contributed by atoms with Gasteiger partial charge in [0.25, 0.3) is 0 Å². The Morgan fingerprint density at radius 3 is 2.54 bits per heavy atom. The first-order chi connectivity index (χ1) is 12.2. The van der Waals surface area contributed by atoms with Gasteiger partial charge in [0, 0.05) is 5.56 Å². The third-order valence-electron chi connectivity index (χ3n) is 3.90. The van der Waals surface area contributed by atoms with Crippen LogP contribution in [0, 0.1) is 24.1 Å². The van der Waals surface area contributed by atoms with Crippen LogP contribution in [0.4, 0.5) is 23.4 Å². The predicted octanol–water partition coefficient (Wildman–Crippen LogP) is 4.46. The van der Waals surface area contributed by atoms with Gasteiger partial charge in [-0.15, -0.1) is 0 Å². The van der Waals surface area contributed by atoms with Gasteiger partial charge in [0.15, 0.2) is 0 Å². The highest BCUT2D eigenvalue weighted by molar-refractivity contribution is 5.74. The molecule has 26 heavy (non-hydrogen) atoms. The number of nitrogen functional groups attached to an aromatic ring is 1. The van der Waals surface area contributed by atoms with Crippen molar-refractivity contribution in [3.05, 3.63) is 65.0 Å². The molecular weight excluding hydrogens is 348 g/mol. The molecule has 0 aliphatic carbocycles. The van der Waals surface area contributed by atoms with Crippen molar-refractivity contribution in [2.45, 2.75) is 13.1 Å². The molecule has 1 heterocycles. The summed E-state index contributed by atoms with van der Waals surface area (Å²) < 4.78 is 53.6. The van der Waals surface area contributed by atoms with Crippen molar-refractivity contribution in [2.24, 2.45) is 0 Å². The summed E-state index contributed by atoms with van der Waals surface area (Å²) in [6, 6.07) is 10.3. The highest BCUT2D eigenvalue weighted by atomic mass is 19.4. The summed E-state index contributed by atoms with van der Waals surface area (Å²) in [4.78, 5) is 0. The lowest BCUT2D eigenvalue weighted by atomic mass is 10.0. The summed E-state index contributed by atoms with van der Waals surface area (Å²) in [6.07, 6.45) is -4.53. The minimum atomic E-state index is -4.53. The van der Waals surface area contributed by atoms with Gasteiger partial charge >= 0.3 is 6.18 Å². The zero-order chi connectivity index (χ0) is 19.1. The molecule has 3 rings (SSSR count). The maximum Gasteiger partial charge on any atom is 0.416 e. The lowest BCUT2D eigenvalue weighted by Crippen LogP contribution is -2.05. The van der Waals surface area contributed by atoms with Crippen molar-refractivity contribution in [2.75, 3.05) is 5.73 Å². The van der Waals surface area contributed by atoms with Gasteiger partial charge in [0.1, 0.15) is 29.0 Å². The summed E-state index contributed by atoms with van der Waals surface area (Å²) in [6.45, 7) is 1.70. The lowest BCUT2D eigenvalue weighted by molar-refractivity contribution is -0.137. The average Bonchev–Trinajstić information content (AvgIpc) is 2.93. The van der Waals surface area contributed by atoms with E-state index in [9.17, 15) is 22.8 Å². The normalized spacial score (nSPS) is 11.4. The van der Waals surface area contributed by atoms with Crippen LogP contribution in [0.2, 0.25) is 0 Å². The second-order valence-electron chi connectivity index (χ2n) is 5.64. The number of benzene rings is 2.